The number of para-hydroxylation sites is 1. The number of nitrogens with one attached hydrogen (secondary N) is 1. The van der Waals surface area contributed by atoms with Crippen molar-refractivity contribution < 1.29 is 18.4 Å². The van der Waals surface area contributed by atoms with Crippen molar-refractivity contribution in [3.63, 3.8) is 0 Å². The highest BCUT2D eigenvalue weighted by Crippen LogP contribution is 2.35. The Hall–Kier alpha value is -3.72. The number of halogens is 1. The zero-order valence-electron chi connectivity index (χ0n) is 18.1. The molecular formula is C25H21FN4O3S. The maximum Gasteiger partial charge on any atom is 0.259 e. The van der Waals surface area contributed by atoms with E-state index in [9.17, 15) is 14.0 Å². The molecule has 2 amide bonds. The first-order chi connectivity index (χ1) is 16.6. The van der Waals surface area contributed by atoms with E-state index in [1.165, 1.54) is 28.8 Å². The van der Waals surface area contributed by atoms with E-state index < -0.39 is 6.04 Å². The molecule has 0 saturated carbocycles. The quantitative estimate of drug-likeness (QED) is 0.547. The second kappa shape index (κ2) is 9.64. The standard InChI is InChI=1S/C25H21FN4O3S/c26-17-6-3-5-16(13-17)15-34-25-29-20-9-2-1-8-19(20)23-28-21(24(32)30(23)25)10-11-22(31)27-14-18-7-4-12-33-18/h1-9,12-13,21H,10-11,14-15H2,(H,27,31). The molecule has 0 fully saturated rings. The summed E-state index contributed by atoms with van der Waals surface area (Å²) in [6.45, 7) is 0.298. The minimum atomic E-state index is -0.671. The van der Waals surface area contributed by atoms with Crippen molar-refractivity contribution >= 4 is 40.3 Å². The van der Waals surface area contributed by atoms with E-state index in [1.807, 2.05) is 30.3 Å². The summed E-state index contributed by atoms with van der Waals surface area (Å²) in [5.41, 5.74) is 2.29. The SMILES string of the molecule is O=C(CCC1N=C2c3ccccc3N=C(SCc3cccc(F)c3)N2C1=O)NCc1ccco1. The van der Waals surface area contributed by atoms with E-state index in [0.29, 0.717) is 29.1 Å². The molecule has 3 heterocycles. The van der Waals surface area contributed by atoms with E-state index in [-0.39, 0.29) is 30.5 Å². The van der Waals surface area contributed by atoms with Crippen molar-refractivity contribution in [1.29, 1.82) is 0 Å². The van der Waals surface area contributed by atoms with Gasteiger partial charge in [-0.1, -0.05) is 36.0 Å². The van der Waals surface area contributed by atoms with Gasteiger partial charge < -0.3 is 9.73 Å². The predicted octanol–water partition coefficient (Wildman–Crippen LogP) is 4.41. The Morgan fingerprint density at radius 2 is 2.03 bits per heavy atom. The van der Waals surface area contributed by atoms with Crippen molar-refractivity contribution in [2.24, 2.45) is 9.98 Å². The van der Waals surface area contributed by atoms with Gasteiger partial charge in [-0.25, -0.2) is 14.3 Å². The second-order valence-electron chi connectivity index (χ2n) is 7.87. The zero-order valence-corrected chi connectivity index (χ0v) is 18.9. The van der Waals surface area contributed by atoms with E-state index in [0.717, 1.165) is 16.8 Å². The van der Waals surface area contributed by atoms with Crippen LogP contribution in [0.15, 0.2) is 81.3 Å². The summed E-state index contributed by atoms with van der Waals surface area (Å²) in [5, 5.41) is 3.29. The molecule has 0 radical (unpaired) electrons. The molecule has 5 rings (SSSR count). The van der Waals surface area contributed by atoms with Crippen molar-refractivity contribution in [3.8, 4) is 0 Å². The van der Waals surface area contributed by atoms with Crippen LogP contribution < -0.4 is 5.32 Å². The highest BCUT2D eigenvalue weighted by Gasteiger charge is 2.41. The zero-order chi connectivity index (χ0) is 23.5. The number of benzene rings is 2. The molecule has 1 unspecified atom stereocenters. The van der Waals surface area contributed by atoms with Crippen molar-refractivity contribution in [2.45, 2.75) is 31.2 Å². The van der Waals surface area contributed by atoms with Gasteiger partial charge in [0.2, 0.25) is 5.91 Å². The van der Waals surface area contributed by atoms with Gasteiger partial charge in [0.1, 0.15) is 23.5 Å². The van der Waals surface area contributed by atoms with Crippen LogP contribution in [-0.2, 0) is 21.9 Å². The molecule has 9 heteroatoms. The lowest BCUT2D eigenvalue weighted by Crippen LogP contribution is -2.41. The average molecular weight is 477 g/mol. The van der Waals surface area contributed by atoms with Crippen LogP contribution in [0.2, 0.25) is 0 Å². The van der Waals surface area contributed by atoms with E-state index in [1.54, 1.807) is 24.5 Å². The van der Waals surface area contributed by atoms with Gasteiger partial charge in [0, 0.05) is 17.7 Å². The second-order valence-corrected chi connectivity index (χ2v) is 8.81. The number of rotatable bonds is 7. The normalized spacial score (nSPS) is 16.6. The first kappa shape index (κ1) is 22.1. The van der Waals surface area contributed by atoms with Crippen LogP contribution in [0.1, 0.15) is 29.7 Å². The van der Waals surface area contributed by atoms with Gasteiger partial charge in [0.15, 0.2) is 5.17 Å². The number of carbonyl (C=O) groups excluding carboxylic acids is 2. The molecule has 2 aliphatic heterocycles. The smallest absolute Gasteiger partial charge is 0.259 e. The Bertz CT molecular complexity index is 1290. The van der Waals surface area contributed by atoms with Gasteiger partial charge in [-0.05, 0) is 48.4 Å². The van der Waals surface area contributed by atoms with Gasteiger partial charge in [-0.3, -0.25) is 14.6 Å². The van der Waals surface area contributed by atoms with Gasteiger partial charge in [0.25, 0.3) is 5.91 Å². The Morgan fingerprint density at radius 3 is 2.85 bits per heavy atom. The third-order valence-corrected chi connectivity index (χ3v) is 6.50. The van der Waals surface area contributed by atoms with Crippen molar-refractivity contribution in [2.75, 3.05) is 0 Å². The van der Waals surface area contributed by atoms with Crippen LogP contribution in [0.4, 0.5) is 10.1 Å². The predicted molar refractivity (Wildman–Crippen MR) is 128 cm³/mol. The van der Waals surface area contributed by atoms with E-state index in [4.69, 9.17) is 4.42 Å². The van der Waals surface area contributed by atoms with Gasteiger partial charge in [0.05, 0.1) is 18.5 Å². The molecule has 1 aromatic heterocycles. The van der Waals surface area contributed by atoms with E-state index >= 15 is 0 Å². The highest BCUT2D eigenvalue weighted by molar-refractivity contribution is 8.13. The Morgan fingerprint density at radius 1 is 1.15 bits per heavy atom. The van der Waals surface area contributed by atoms with Crippen LogP contribution in [0.25, 0.3) is 0 Å². The Kier molecular flexibility index (Phi) is 6.27. The minimum Gasteiger partial charge on any atom is -0.467 e. The number of furan rings is 1. The fourth-order valence-corrected chi connectivity index (χ4v) is 4.76. The monoisotopic (exact) mass is 476 g/mol. The van der Waals surface area contributed by atoms with Gasteiger partial charge >= 0.3 is 0 Å². The van der Waals surface area contributed by atoms with E-state index in [2.05, 4.69) is 15.3 Å². The van der Waals surface area contributed by atoms with Crippen molar-refractivity contribution in [3.05, 3.63) is 89.6 Å². The number of thioether (sulfide) groups is 1. The number of hydrogen-bond donors (Lipinski definition) is 1. The lowest BCUT2D eigenvalue weighted by Gasteiger charge is -2.25. The summed E-state index contributed by atoms with van der Waals surface area (Å²) in [7, 11) is 0. The number of hydrogen-bond acceptors (Lipinski definition) is 6. The molecule has 7 nitrogen and oxygen atoms in total. The third kappa shape index (κ3) is 4.65. The summed E-state index contributed by atoms with van der Waals surface area (Å²) in [5.74, 6) is 0.959. The fourth-order valence-electron chi connectivity index (χ4n) is 3.82. The lowest BCUT2D eigenvalue weighted by atomic mass is 10.1. The molecule has 0 aliphatic carbocycles. The van der Waals surface area contributed by atoms with Crippen LogP contribution >= 0.6 is 11.8 Å². The number of nitrogens with zero attached hydrogens (tertiary/aromatic N) is 3. The molecule has 2 aromatic carbocycles. The molecule has 2 aliphatic rings. The van der Waals surface area contributed by atoms with Crippen LogP contribution in [0, 0.1) is 5.82 Å². The fraction of sp³-hybridized carbons (Fsp3) is 0.200. The van der Waals surface area contributed by atoms with Crippen LogP contribution in [-0.4, -0.2) is 33.8 Å². The number of carbonyl (C=O) groups is 2. The lowest BCUT2D eigenvalue weighted by molar-refractivity contribution is -0.125. The van der Waals surface area contributed by atoms with Crippen LogP contribution in [0.3, 0.4) is 0 Å². The molecule has 3 aromatic rings. The average Bonchev–Trinajstić information content (AvgIpc) is 3.48. The largest absolute Gasteiger partial charge is 0.467 e. The van der Waals surface area contributed by atoms with Crippen molar-refractivity contribution in [1.82, 2.24) is 10.2 Å². The third-order valence-electron chi connectivity index (χ3n) is 5.49. The summed E-state index contributed by atoms with van der Waals surface area (Å²) in [4.78, 5) is 36.5. The Balaban J connectivity index is 1.30. The summed E-state index contributed by atoms with van der Waals surface area (Å²) < 4.78 is 18.8. The van der Waals surface area contributed by atoms with Gasteiger partial charge in [-0.15, -0.1) is 0 Å². The summed E-state index contributed by atoms with van der Waals surface area (Å²) >= 11 is 1.35. The number of aliphatic imine (C=N–C) groups is 2. The number of amidine groups is 2. The molecule has 1 atom stereocenters. The van der Waals surface area contributed by atoms with Gasteiger partial charge in [-0.2, -0.15) is 0 Å². The molecular weight excluding hydrogens is 455 g/mol. The Labute approximate surface area is 199 Å². The molecule has 1 N–H and O–H groups in total. The maximum atomic E-state index is 13.6. The highest BCUT2D eigenvalue weighted by atomic mass is 32.2. The number of fused-ring (bicyclic) bond motifs is 3. The first-order valence-corrected chi connectivity index (χ1v) is 11.8. The summed E-state index contributed by atoms with van der Waals surface area (Å²) in [6, 6.07) is 16.7. The summed E-state index contributed by atoms with van der Waals surface area (Å²) in [6.07, 6.45) is 1.99. The minimum absolute atomic E-state index is 0.159. The first-order valence-electron chi connectivity index (χ1n) is 10.8. The van der Waals surface area contributed by atoms with Crippen LogP contribution in [0.5, 0.6) is 0 Å². The molecule has 34 heavy (non-hydrogen) atoms. The number of amides is 2. The molecule has 0 saturated heterocycles. The molecule has 0 bridgehead atoms. The molecule has 172 valence electrons. The topological polar surface area (TPSA) is 87.3 Å². The maximum absolute atomic E-state index is 13.6. The molecule has 0 spiro atoms.